The Labute approximate surface area is 146 Å². The summed E-state index contributed by atoms with van der Waals surface area (Å²) in [4.78, 5) is 19.7. The summed E-state index contributed by atoms with van der Waals surface area (Å²) in [5.74, 6) is -0.104. The molecule has 0 N–H and O–H groups in total. The molecule has 0 spiro atoms. The van der Waals surface area contributed by atoms with Crippen molar-refractivity contribution in [3.05, 3.63) is 52.9 Å². The highest BCUT2D eigenvalue weighted by atomic mass is 32.2. The number of hydrogen-bond acceptors (Lipinski definition) is 3. The van der Waals surface area contributed by atoms with Gasteiger partial charge in [0.2, 0.25) is 0 Å². The largest absolute Gasteiger partial charge is 0.351 e. The molecule has 2 aliphatic heterocycles. The fraction of sp³-hybridized carbons (Fsp3) is 0.300. The second-order valence-electron chi connectivity index (χ2n) is 6.28. The number of thioether (sulfide) groups is 1. The highest BCUT2D eigenvalue weighted by Crippen LogP contribution is 2.32. The van der Waals surface area contributed by atoms with E-state index in [-0.39, 0.29) is 5.91 Å². The van der Waals surface area contributed by atoms with Crippen LogP contribution >= 0.6 is 11.8 Å². The molecule has 1 saturated heterocycles. The molecule has 1 fully saturated rings. The van der Waals surface area contributed by atoms with Crippen LogP contribution in [0.25, 0.3) is 16.8 Å². The van der Waals surface area contributed by atoms with Crippen molar-refractivity contribution in [1.29, 1.82) is 0 Å². The molecule has 2 heterocycles. The lowest BCUT2D eigenvalue weighted by molar-refractivity contribution is -0.113. The predicted molar refractivity (Wildman–Crippen MR) is 102 cm³/mol. The zero-order valence-electron chi connectivity index (χ0n) is 13.6. The van der Waals surface area contributed by atoms with Crippen molar-refractivity contribution in [1.82, 2.24) is 4.90 Å². The van der Waals surface area contributed by atoms with Crippen molar-refractivity contribution in [2.24, 2.45) is 4.99 Å². The van der Waals surface area contributed by atoms with Crippen molar-refractivity contribution < 1.29 is 4.79 Å². The van der Waals surface area contributed by atoms with Crippen LogP contribution in [0, 0.1) is 0 Å². The fourth-order valence-corrected chi connectivity index (χ4v) is 4.27. The summed E-state index contributed by atoms with van der Waals surface area (Å²) in [5.41, 5.74) is 1.08. The Morgan fingerprint density at radius 3 is 2.54 bits per heavy atom. The van der Waals surface area contributed by atoms with Crippen molar-refractivity contribution in [2.45, 2.75) is 25.7 Å². The molecule has 0 radical (unpaired) electrons. The monoisotopic (exact) mass is 336 g/mol. The van der Waals surface area contributed by atoms with Gasteiger partial charge in [0.1, 0.15) is 0 Å². The molecule has 0 saturated carbocycles. The highest BCUT2D eigenvalue weighted by molar-refractivity contribution is 8.18. The van der Waals surface area contributed by atoms with Gasteiger partial charge in [0.25, 0.3) is 5.91 Å². The minimum atomic E-state index is -0.104. The van der Waals surface area contributed by atoms with Crippen molar-refractivity contribution >= 4 is 39.7 Å². The van der Waals surface area contributed by atoms with E-state index in [0.717, 1.165) is 28.7 Å². The van der Waals surface area contributed by atoms with Gasteiger partial charge in [-0.2, -0.15) is 4.99 Å². The number of fused-ring (bicyclic) bond motifs is 1. The first-order chi connectivity index (χ1) is 11.8. The second kappa shape index (κ2) is 6.81. The Hall–Kier alpha value is -2.07. The number of amides is 1. The normalized spacial score (nSPS) is 20.5. The van der Waals surface area contributed by atoms with Crippen molar-refractivity contribution in [3.63, 3.8) is 0 Å². The van der Waals surface area contributed by atoms with Gasteiger partial charge in [-0.15, -0.1) is 0 Å². The van der Waals surface area contributed by atoms with Gasteiger partial charge in [0, 0.05) is 13.1 Å². The topological polar surface area (TPSA) is 32.7 Å². The predicted octanol–water partition coefficient (Wildman–Crippen LogP) is 4.69. The molecule has 2 aromatic carbocycles. The first-order valence-electron chi connectivity index (χ1n) is 8.56. The molecule has 1 amide bonds. The molecule has 0 atom stereocenters. The van der Waals surface area contributed by atoms with Crippen LogP contribution in [0.5, 0.6) is 0 Å². The molecule has 24 heavy (non-hydrogen) atoms. The van der Waals surface area contributed by atoms with Crippen LogP contribution in [-0.4, -0.2) is 29.1 Å². The molecule has 4 heteroatoms. The van der Waals surface area contributed by atoms with E-state index < -0.39 is 0 Å². The lowest BCUT2D eigenvalue weighted by atomic mass is 10.0. The first kappa shape index (κ1) is 15.5. The SMILES string of the molecule is O=C1N=C(N2CCCCCC2)S/C1=C/c1cccc2ccccc12. The minimum Gasteiger partial charge on any atom is -0.351 e. The van der Waals surface area contributed by atoms with E-state index >= 15 is 0 Å². The second-order valence-corrected chi connectivity index (χ2v) is 7.29. The van der Waals surface area contributed by atoms with Gasteiger partial charge in [0.15, 0.2) is 5.17 Å². The zero-order chi connectivity index (χ0) is 16.4. The van der Waals surface area contributed by atoms with Crippen LogP contribution in [0.2, 0.25) is 0 Å². The summed E-state index contributed by atoms with van der Waals surface area (Å²) < 4.78 is 0. The Kier molecular flexibility index (Phi) is 4.39. The molecule has 0 bridgehead atoms. The number of benzene rings is 2. The number of likely N-dealkylation sites (tertiary alicyclic amines) is 1. The Bertz CT molecular complexity index is 827. The van der Waals surface area contributed by atoms with Gasteiger partial charge < -0.3 is 4.90 Å². The van der Waals surface area contributed by atoms with Gasteiger partial charge in [-0.25, -0.2) is 0 Å². The van der Waals surface area contributed by atoms with Crippen molar-refractivity contribution in [3.8, 4) is 0 Å². The molecule has 0 aliphatic carbocycles. The third-order valence-electron chi connectivity index (χ3n) is 4.60. The molecular weight excluding hydrogens is 316 g/mol. The summed E-state index contributed by atoms with van der Waals surface area (Å²) in [7, 11) is 0. The lowest BCUT2D eigenvalue weighted by Gasteiger charge is -2.20. The number of rotatable bonds is 1. The maximum atomic E-state index is 12.4. The van der Waals surface area contributed by atoms with Crippen LogP contribution in [0.3, 0.4) is 0 Å². The van der Waals surface area contributed by atoms with Gasteiger partial charge in [0.05, 0.1) is 4.91 Å². The molecule has 0 aromatic heterocycles. The van der Waals surface area contributed by atoms with E-state index in [9.17, 15) is 4.79 Å². The summed E-state index contributed by atoms with van der Waals surface area (Å²) in [6, 6.07) is 14.5. The van der Waals surface area contributed by atoms with Crippen LogP contribution in [-0.2, 0) is 4.79 Å². The molecule has 0 unspecified atom stereocenters. The van der Waals surface area contributed by atoms with Gasteiger partial charge in [-0.3, -0.25) is 4.79 Å². The van der Waals surface area contributed by atoms with Gasteiger partial charge >= 0.3 is 0 Å². The quantitative estimate of drug-likeness (QED) is 0.709. The third-order valence-corrected chi connectivity index (χ3v) is 5.64. The number of amidine groups is 1. The van der Waals surface area contributed by atoms with Crippen LogP contribution < -0.4 is 0 Å². The molecule has 122 valence electrons. The van der Waals surface area contributed by atoms with E-state index in [1.165, 1.54) is 48.2 Å². The zero-order valence-corrected chi connectivity index (χ0v) is 14.4. The summed E-state index contributed by atoms with van der Waals surface area (Å²) >= 11 is 1.53. The van der Waals surface area contributed by atoms with Crippen LogP contribution in [0.4, 0.5) is 0 Å². The average Bonchev–Trinajstić information content (AvgIpc) is 2.82. The highest BCUT2D eigenvalue weighted by Gasteiger charge is 2.26. The molecule has 4 rings (SSSR count). The number of hydrogen-bond donors (Lipinski definition) is 0. The van der Waals surface area contributed by atoms with Gasteiger partial charge in [-0.1, -0.05) is 55.3 Å². The number of aliphatic imine (C=N–C) groups is 1. The van der Waals surface area contributed by atoms with Crippen LogP contribution in [0.15, 0.2) is 52.4 Å². The summed E-state index contributed by atoms with van der Waals surface area (Å²) in [6.07, 6.45) is 6.93. The standard InChI is InChI=1S/C20H20N2OS/c23-19-18(24-20(21-19)22-12-5-1-2-6-13-22)14-16-10-7-9-15-8-3-4-11-17(15)16/h3-4,7-11,14H,1-2,5-6,12-13H2/b18-14+. The molecule has 2 aliphatic rings. The van der Waals surface area contributed by atoms with Gasteiger partial charge in [-0.05, 0) is 47.0 Å². The fourth-order valence-electron chi connectivity index (χ4n) is 3.31. The van der Waals surface area contributed by atoms with Crippen molar-refractivity contribution in [2.75, 3.05) is 13.1 Å². The van der Waals surface area contributed by atoms with E-state index in [2.05, 4.69) is 34.2 Å². The minimum absolute atomic E-state index is 0.104. The summed E-state index contributed by atoms with van der Waals surface area (Å²) in [6.45, 7) is 2.03. The Morgan fingerprint density at radius 2 is 1.71 bits per heavy atom. The maximum absolute atomic E-state index is 12.4. The molecule has 3 nitrogen and oxygen atoms in total. The smallest absolute Gasteiger partial charge is 0.286 e. The number of nitrogens with zero attached hydrogens (tertiary/aromatic N) is 2. The number of carbonyl (C=O) groups excluding carboxylic acids is 1. The molecular formula is C20H20N2OS. The van der Waals surface area contributed by atoms with E-state index in [1.54, 1.807) is 0 Å². The number of carbonyl (C=O) groups is 1. The molecule has 2 aromatic rings. The van der Waals surface area contributed by atoms with E-state index in [0.29, 0.717) is 0 Å². The van der Waals surface area contributed by atoms with Crippen LogP contribution in [0.1, 0.15) is 31.2 Å². The lowest BCUT2D eigenvalue weighted by Crippen LogP contribution is -2.28. The first-order valence-corrected chi connectivity index (χ1v) is 9.38. The Balaban J connectivity index is 1.61. The Morgan fingerprint density at radius 1 is 0.958 bits per heavy atom. The van der Waals surface area contributed by atoms with E-state index in [4.69, 9.17) is 0 Å². The summed E-state index contributed by atoms with van der Waals surface area (Å²) in [5, 5.41) is 3.24. The average molecular weight is 336 g/mol. The third kappa shape index (κ3) is 3.11. The van der Waals surface area contributed by atoms with E-state index in [1.807, 2.05) is 24.3 Å². The maximum Gasteiger partial charge on any atom is 0.286 e.